The number of hydrogen-bond donors (Lipinski definition) is 2. The van der Waals surface area contributed by atoms with Crippen LogP contribution in [0.5, 0.6) is 5.75 Å². The van der Waals surface area contributed by atoms with E-state index < -0.39 is 23.6 Å². The van der Waals surface area contributed by atoms with E-state index in [0.29, 0.717) is 35.9 Å². The van der Waals surface area contributed by atoms with Crippen molar-refractivity contribution in [3.05, 3.63) is 77.5 Å². The van der Waals surface area contributed by atoms with Crippen LogP contribution in [0, 0.1) is 11.6 Å². The molecular formula is C26H26F2N6O3. The highest BCUT2D eigenvalue weighted by atomic mass is 19.1. The van der Waals surface area contributed by atoms with Gasteiger partial charge in [0.05, 0.1) is 36.1 Å². The molecule has 4 aromatic rings. The summed E-state index contributed by atoms with van der Waals surface area (Å²) in [5, 5.41) is 6.31. The molecule has 0 aliphatic carbocycles. The van der Waals surface area contributed by atoms with Gasteiger partial charge in [0.15, 0.2) is 11.6 Å². The molecular weight excluding hydrogens is 482 g/mol. The number of halogens is 2. The summed E-state index contributed by atoms with van der Waals surface area (Å²) in [7, 11) is 3.16. The van der Waals surface area contributed by atoms with E-state index in [1.165, 1.54) is 31.5 Å². The van der Waals surface area contributed by atoms with Crippen LogP contribution in [0.1, 0.15) is 40.5 Å². The van der Waals surface area contributed by atoms with E-state index in [2.05, 4.69) is 25.6 Å². The second-order valence-corrected chi connectivity index (χ2v) is 8.88. The summed E-state index contributed by atoms with van der Waals surface area (Å²) in [5.41, 5.74) is 1.30. The van der Waals surface area contributed by atoms with Crippen LogP contribution in [0.2, 0.25) is 0 Å². The van der Waals surface area contributed by atoms with Crippen molar-refractivity contribution in [3.8, 4) is 5.75 Å². The number of hydrogen-bond acceptors (Lipinski definition) is 7. The largest absolute Gasteiger partial charge is 0.494 e. The smallest absolute Gasteiger partial charge is 0.252 e. The van der Waals surface area contributed by atoms with Gasteiger partial charge in [0.25, 0.3) is 5.91 Å². The average molecular weight is 509 g/mol. The Kier molecular flexibility index (Phi) is 6.95. The van der Waals surface area contributed by atoms with Gasteiger partial charge in [0.2, 0.25) is 5.95 Å². The van der Waals surface area contributed by atoms with Gasteiger partial charge in [-0.2, -0.15) is 0 Å². The van der Waals surface area contributed by atoms with Crippen LogP contribution in [0.3, 0.4) is 0 Å². The van der Waals surface area contributed by atoms with Crippen LogP contribution < -0.4 is 15.4 Å². The molecule has 2 aromatic carbocycles. The molecule has 0 radical (unpaired) electrons. The molecule has 1 fully saturated rings. The van der Waals surface area contributed by atoms with Gasteiger partial charge in [-0.15, -0.1) is 0 Å². The number of aromatic nitrogens is 4. The van der Waals surface area contributed by atoms with Crippen LogP contribution in [0.15, 0.2) is 49.1 Å². The standard InChI is InChI=1S/C26H26F2N6O3/c1-34-13-22(30-14-34)24(15-3-4-23(36-2)20(28)9-15)33-25(35)16-10-19(27)18-12-29-26(32-21(18)11-16)31-17-5-7-37-8-6-17/h3-4,9-14,17,24H,5-8H2,1-2H3,(H,33,35)(H,29,31,32)/t24-/m0/s1. The van der Waals surface area contributed by atoms with Gasteiger partial charge >= 0.3 is 0 Å². The lowest BCUT2D eigenvalue weighted by Gasteiger charge is -2.23. The minimum Gasteiger partial charge on any atom is -0.494 e. The number of aryl methyl sites for hydroxylation is 1. The highest BCUT2D eigenvalue weighted by Crippen LogP contribution is 2.27. The van der Waals surface area contributed by atoms with Crippen LogP contribution in [-0.2, 0) is 11.8 Å². The third-order valence-corrected chi connectivity index (χ3v) is 6.27. The summed E-state index contributed by atoms with van der Waals surface area (Å²) >= 11 is 0. The Morgan fingerprint density at radius 3 is 2.68 bits per heavy atom. The zero-order valence-corrected chi connectivity index (χ0v) is 20.4. The van der Waals surface area contributed by atoms with E-state index in [0.717, 1.165) is 18.9 Å². The minimum atomic E-state index is -0.788. The quantitative estimate of drug-likeness (QED) is 0.392. The first kappa shape index (κ1) is 24.6. The molecule has 0 saturated carbocycles. The molecule has 37 heavy (non-hydrogen) atoms. The molecule has 1 saturated heterocycles. The summed E-state index contributed by atoms with van der Waals surface area (Å²) in [6.45, 7) is 1.31. The third kappa shape index (κ3) is 5.36. The predicted molar refractivity (Wildman–Crippen MR) is 132 cm³/mol. The number of ether oxygens (including phenoxy) is 2. The van der Waals surface area contributed by atoms with Crippen molar-refractivity contribution in [3.63, 3.8) is 0 Å². The molecule has 9 nitrogen and oxygen atoms in total. The van der Waals surface area contributed by atoms with E-state index in [4.69, 9.17) is 9.47 Å². The monoisotopic (exact) mass is 508 g/mol. The molecule has 1 amide bonds. The van der Waals surface area contributed by atoms with Gasteiger partial charge in [-0.3, -0.25) is 4.79 Å². The Balaban J connectivity index is 1.44. The molecule has 0 spiro atoms. The highest BCUT2D eigenvalue weighted by molar-refractivity contribution is 5.98. The number of carbonyl (C=O) groups excluding carboxylic acids is 1. The molecule has 0 bridgehead atoms. The number of nitrogens with one attached hydrogen (secondary N) is 2. The molecule has 2 N–H and O–H groups in total. The molecule has 192 valence electrons. The van der Waals surface area contributed by atoms with Crippen LogP contribution in [0.25, 0.3) is 10.9 Å². The lowest BCUT2D eigenvalue weighted by Crippen LogP contribution is -2.30. The molecule has 3 heterocycles. The molecule has 0 unspecified atom stereocenters. The molecule has 2 aromatic heterocycles. The second-order valence-electron chi connectivity index (χ2n) is 8.88. The van der Waals surface area contributed by atoms with Gasteiger partial charge < -0.3 is 24.7 Å². The van der Waals surface area contributed by atoms with Crippen LogP contribution in [-0.4, -0.2) is 51.8 Å². The SMILES string of the molecule is COc1ccc([C@H](NC(=O)c2cc(F)c3cnc(NC4CCOCC4)nc3c2)c2cn(C)cn2)cc1F. The number of anilines is 1. The Morgan fingerprint density at radius 1 is 1.16 bits per heavy atom. The van der Waals surface area contributed by atoms with Gasteiger partial charge in [-0.1, -0.05) is 6.07 Å². The first-order valence-corrected chi connectivity index (χ1v) is 11.8. The number of methoxy groups -OCH3 is 1. The number of carbonyl (C=O) groups is 1. The van der Waals surface area contributed by atoms with E-state index >= 15 is 0 Å². The van der Waals surface area contributed by atoms with Gasteiger partial charge in [0.1, 0.15) is 5.82 Å². The normalized spacial score (nSPS) is 14.9. The van der Waals surface area contributed by atoms with Crippen molar-refractivity contribution in [1.82, 2.24) is 24.8 Å². The minimum absolute atomic E-state index is 0.0654. The molecule has 1 aliphatic rings. The van der Waals surface area contributed by atoms with Crippen molar-refractivity contribution in [2.24, 2.45) is 7.05 Å². The number of amides is 1. The fourth-order valence-corrected chi connectivity index (χ4v) is 4.30. The number of nitrogens with zero attached hydrogens (tertiary/aromatic N) is 4. The summed E-state index contributed by atoms with van der Waals surface area (Å²) < 4.78 is 41.5. The second kappa shape index (κ2) is 10.5. The van der Waals surface area contributed by atoms with Gasteiger partial charge in [-0.25, -0.2) is 23.7 Å². The Hall–Kier alpha value is -4.12. The topological polar surface area (TPSA) is 103 Å². The Bertz CT molecular complexity index is 1440. The molecule has 11 heteroatoms. The van der Waals surface area contributed by atoms with Crippen molar-refractivity contribution < 1.29 is 23.0 Å². The van der Waals surface area contributed by atoms with Crippen LogP contribution in [0.4, 0.5) is 14.7 Å². The Morgan fingerprint density at radius 2 is 1.97 bits per heavy atom. The highest BCUT2D eigenvalue weighted by Gasteiger charge is 2.23. The molecule has 1 aliphatic heterocycles. The maximum absolute atomic E-state index is 14.9. The first-order valence-electron chi connectivity index (χ1n) is 11.8. The molecule has 5 rings (SSSR count). The third-order valence-electron chi connectivity index (χ3n) is 6.27. The van der Waals surface area contributed by atoms with Crippen molar-refractivity contribution >= 4 is 22.8 Å². The zero-order chi connectivity index (χ0) is 25.9. The average Bonchev–Trinajstić information content (AvgIpc) is 3.33. The summed E-state index contributed by atoms with van der Waals surface area (Å²) in [4.78, 5) is 26.3. The summed E-state index contributed by atoms with van der Waals surface area (Å²) in [5.74, 6) is -1.32. The summed E-state index contributed by atoms with van der Waals surface area (Å²) in [6.07, 6.45) is 6.33. The van der Waals surface area contributed by atoms with E-state index in [9.17, 15) is 13.6 Å². The van der Waals surface area contributed by atoms with Crippen molar-refractivity contribution in [1.29, 1.82) is 0 Å². The maximum atomic E-state index is 14.9. The zero-order valence-electron chi connectivity index (χ0n) is 20.4. The Labute approximate surface area is 211 Å². The van der Waals surface area contributed by atoms with E-state index in [1.54, 1.807) is 30.2 Å². The number of fused-ring (bicyclic) bond motifs is 1. The lowest BCUT2D eigenvalue weighted by molar-refractivity contribution is 0.0903. The molecule has 1 atom stereocenters. The first-order chi connectivity index (χ1) is 17.9. The number of imidazole rings is 1. The fourth-order valence-electron chi connectivity index (χ4n) is 4.30. The van der Waals surface area contributed by atoms with Gasteiger partial charge in [-0.05, 0) is 42.7 Å². The number of rotatable bonds is 7. The fraction of sp³-hybridized carbons (Fsp3) is 0.308. The van der Waals surface area contributed by atoms with E-state index in [-0.39, 0.29) is 22.7 Å². The predicted octanol–water partition coefficient (Wildman–Crippen LogP) is 3.76. The lowest BCUT2D eigenvalue weighted by atomic mass is 10.0. The summed E-state index contributed by atoms with van der Waals surface area (Å²) in [6, 6.07) is 6.42. The van der Waals surface area contributed by atoms with Crippen molar-refractivity contribution in [2.45, 2.75) is 24.9 Å². The number of benzene rings is 2. The van der Waals surface area contributed by atoms with Gasteiger partial charge in [0, 0.05) is 44.3 Å². The maximum Gasteiger partial charge on any atom is 0.252 e. The van der Waals surface area contributed by atoms with E-state index in [1.807, 2.05) is 0 Å². The van der Waals surface area contributed by atoms with Crippen molar-refractivity contribution in [2.75, 3.05) is 25.6 Å². The van der Waals surface area contributed by atoms with Crippen LogP contribution >= 0.6 is 0 Å².